The lowest BCUT2D eigenvalue weighted by molar-refractivity contribution is 0.316. The highest BCUT2D eigenvalue weighted by molar-refractivity contribution is 7.87. The van der Waals surface area contributed by atoms with E-state index >= 15 is 0 Å². The molecule has 3 aromatic rings. The third-order valence-corrected chi connectivity index (χ3v) is 7.52. The van der Waals surface area contributed by atoms with Crippen LogP contribution in [0.3, 0.4) is 0 Å². The molecule has 4 rings (SSSR count). The Bertz CT molecular complexity index is 853. The van der Waals surface area contributed by atoms with Gasteiger partial charge in [-0.3, -0.25) is 4.21 Å². The summed E-state index contributed by atoms with van der Waals surface area (Å²) in [4.78, 5) is 9.55. The lowest BCUT2D eigenvalue weighted by atomic mass is 9.95. The second-order valence-corrected chi connectivity index (χ2v) is 9.37. The van der Waals surface area contributed by atoms with Gasteiger partial charge in [0.15, 0.2) is 10.2 Å². The van der Waals surface area contributed by atoms with Crippen LogP contribution in [0.5, 0.6) is 0 Å². The summed E-state index contributed by atoms with van der Waals surface area (Å²) in [6.45, 7) is 0. The molecule has 3 aromatic heterocycles. The molecule has 1 atom stereocenters. The molecule has 1 saturated carbocycles. The summed E-state index contributed by atoms with van der Waals surface area (Å²) < 4.78 is 15.2. The van der Waals surface area contributed by atoms with Crippen LogP contribution in [0.15, 0.2) is 22.7 Å². The van der Waals surface area contributed by atoms with Gasteiger partial charge in [0.1, 0.15) is 10.3 Å². The van der Waals surface area contributed by atoms with Crippen LogP contribution in [0, 0.1) is 0 Å². The molecule has 26 heavy (non-hydrogen) atoms. The molecule has 1 fully saturated rings. The second-order valence-electron chi connectivity index (χ2n) is 6.65. The normalized spacial score (nSPS) is 16.9. The van der Waals surface area contributed by atoms with Crippen LogP contribution < -0.4 is 0 Å². The predicted molar refractivity (Wildman–Crippen MR) is 102 cm³/mol. The van der Waals surface area contributed by atoms with Gasteiger partial charge in [-0.15, -0.1) is 5.10 Å². The van der Waals surface area contributed by atoms with Crippen molar-refractivity contribution in [2.45, 2.75) is 61.7 Å². The molecule has 0 radical (unpaired) electrons. The number of nitrogens with zero attached hydrogens (tertiary/aromatic N) is 6. The minimum absolute atomic E-state index is 0.457. The van der Waals surface area contributed by atoms with E-state index in [1.165, 1.54) is 43.4 Å². The average molecular weight is 391 g/mol. The molecule has 3 heterocycles. The van der Waals surface area contributed by atoms with Crippen molar-refractivity contribution >= 4 is 32.5 Å². The van der Waals surface area contributed by atoms with E-state index in [1.807, 2.05) is 16.8 Å². The average Bonchev–Trinajstić information content (AvgIpc) is 3.32. The summed E-state index contributed by atoms with van der Waals surface area (Å²) in [5.74, 6) is 1.58. The van der Waals surface area contributed by atoms with E-state index in [0.29, 0.717) is 16.1 Å². The van der Waals surface area contributed by atoms with Crippen LogP contribution >= 0.6 is 11.3 Å². The molecule has 1 unspecified atom stereocenters. The van der Waals surface area contributed by atoms with Gasteiger partial charge in [0, 0.05) is 18.4 Å². The van der Waals surface area contributed by atoms with Gasteiger partial charge in [-0.1, -0.05) is 30.6 Å². The third-order valence-electron chi connectivity index (χ3n) is 4.80. The Labute approximate surface area is 158 Å². The Hall–Kier alpha value is -1.74. The molecule has 138 valence electrons. The molecular weight excluding hydrogens is 368 g/mol. The standard InChI is InChI=1S/C17H22N6OS2/c24-26(17-19-14-9-6-11-18-16(14)25-17)12-5-4-10-15-20-21-22-23(15)13-7-2-1-3-8-13/h6,9,11,13H,1-5,7-8,10,12H2. The molecule has 9 heteroatoms. The summed E-state index contributed by atoms with van der Waals surface area (Å²) in [6.07, 6.45) is 10.6. The Kier molecular flexibility index (Phi) is 5.64. The third kappa shape index (κ3) is 3.98. The number of fused-ring (bicyclic) bond motifs is 1. The summed E-state index contributed by atoms with van der Waals surface area (Å²) in [6, 6.07) is 4.22. The van der Waals surface area contributed by atoms with Crippen molar-refractivity contribution in [3.8, 4) is 0 Å². The zero-order valence-corrected chi connectivity index (χ0v) is 16.2. The lowest BCUT2D eigenvalue weighted by Crippen LogP contribution is -2.17. The van der Waals surface area contributed by atoms with E-state index in [4.69, 9.17) is 0 Å². The van der Waals surface area contributed by atoms with Gasteiger partial charge in [0.25, 0.3) is 0 Å². The molecule has 0 amide bonds. The first kappa shape index (κ1) is 17.7. The zero-order chi connectivity index (χ0) is 17.8. The van der Waals surface area contributed by atoms with Crippen molar-refractivity contribution < 1.29 is 4.21 Å². The van der Waals surface area contributed by atoms with E-state index in [2.05, 4.69) is 25.5 Å². The Morgan fingerprint density at radius 1 is 1.23 bits per heavy atom. The number of pyridine rings is 1. The first-order chi connectivity index (χ1) is 12.8. The number of aromatic nitrogens is 6. The van der Waals surface area contributed by atoms with Crippen molar-refractivity contribution in [2.75, 3.05) is 5.75 Å². The van der Waals surface area contributed by atoms with Crippen molar-refractivity contribution in [3.05, 3.63) is 24.2 Å². The zero-order valence-electron chi connectivity index (χ0n) is 14.6. The van der Waals surface area contributed by atoms with Crippen molar-refractivity contribution in [1.29, 1.82) is 0 Å². The maximum atomic E-state index is 12.5. The summed E-state index contributed by atoms with van der Waals surface area (Å²) in [5.41, 5.74) is 0.826. The van der Waals surface area contributed by atoms with Gasteiger partial charge in [0.2, 0.25) is 0 Å². The van der Waals surface area contributed by atoms with Gasteiger partial charge >= 0.3 is 0 Å². The molecule has 1 aliphatic carbocycles. The van der Waals surface area contributed by atoms with Gasteiger partial charge in [-0.2, -0.15) is 0 Å². The van der Waals surface area contributed by atoms with Gasteiger partial charge in [-0.05, 0) is 48.2 Å². The van der Waals surface area contributed by atoms with Gasteiger partial charge in [-0.25, -0.2) is 14.6 Å². The fourth-order valence-electron chi connectivity index (χ4n) is 3.44. The first-order valence-corrected chi connectivity index (χ1v) is 11.3. The predicted octanol–water partition coefficient (Wildman–Crippen LogP) is 3.31. The number of rotatable bonds is 7. The highest BCUT2D eigenvalue weighted by atomic mass is 32.2. The lowest BCUT2D eigenvalue weighted by Gasteiger charge is -2.22. The van der Waals surface area contributed by atoms with E-state index in [0.717, 1.165) is 35.4 Å². The summed E-state index contributed by atoms with van der Waals surface area (Å²) in [5, 5.41) is 12.3. The van der Waals surface area contributed by atoms with Crippen LogP contribution in [-0.2, 0) is 17.2 Å². The first-order valence-electron chi connectivity index (χ1n) is 9.18. The number of thiazole rings is 1. The van der Waals surface area contributed by atoms with Crippen LogP contribution in [0.4, 0.5) is 0 Å². The van der Waals surface area contributed by atoms with Crippen molar-refractivity contribution in [1.82, 2.24) is 30.2 Å². The van der Waals surface area contributed by atoms with Gasteiger partial charge < -0.3 is 0 Å². The topological polar surface area (TPSA) is 86.5 Å². The Morgan fingerprint density at radius 2 is 2.12 bits per heavy atom. The van der Waals surface area contributed by atoms with Crippen LogP contribution in [0.25, 0.3) is 10.3 Å². The Morgan fingerprint density at radius 3 is 2.96 bits per heavy atom. The largest absolute Gasteiger partial charge is 0.252 e. The molecule has 0 spiro atoms. The van der Waals surface area contributed by atoms with Gasteiger partial charge in [0.05, 0.1) is 16.8 Å². The van der Waals surface area contributed by atoms with E-state index in [9.17, 15) is 4.21 Å². The molecule has 7 nitrogen and oxygen atoms in total. The van der Waals surface area contributed by atoms with Crippen molar-refractivity contribution in [2.24, 2.45) is 0 Å². The molecule has 0 aromatic carbocycles. The summed E-state index contributed by atoms with van der Waals surface area (Å²) in [7, 11) is -1.07. The van der Waals surface area contributed by atoms with E-state index in [1.54, 1.807) is 6.20 Å². The number of hydrogen-bond acceptors (Lipinski definition) is 7. The Balaban J connectivity index is 1.29. The number of unbranched alkanes of at least 4 members (excludes halogenated alkanes) is 1. The molecule has 0 N–H and O–H groups in total. The highest BCUT2D eigenvalue weighted by Crippen LogP contribution is 2.28. The van der Waals surface area contributed by atoms with E-state index < -0.39 is 10.8 Å². The SMILES string of the molecule is O=S(CCCCc1nnnn1C1CCCCC1)c1nc2cccnc2s1. The molecule has 0 aliphatic heterocycles. The maximum Gasteiger partial charge on any atom is 0.183 e. The molecule has 0 bridgehead atoms. The fourth-order valence-corrected chi connectivity index (χ4v) is 5.78. The molecule has 0 saturated heterocycles. The van der Waals surface area contributed by atoms with E-state index in [-0.39, 0.29) is 0 Å². The van der Waals surface area contributed by atoms with Crippen LogP contribution in [0.1, 0.15) is 56.8 Å². The summed E-state index contributed by atoms with van der Waals surface area (Å²) >= 11 is 1.42. The quantitative estimate of drug-likeness (QED) is 0.575. The monoisotopic (exact) mass is 390 g/mol. The number of aryl methyl sites for hydroxylation is 1. The number of tetrazole rings is 1. The minimum atomic E-state index is -1.07. The molecular formula is C17H22N6OS2. The maximum absolute atomic E-state index is 12.5. The van der Waals surface area contributed by atoms with Crippen LogP contribution in [0.2, 0.25) is 0 Å². The number of hydrogen-bond donors (Lipinski definition) is 0. The smallest absolute Gasteiger partial charge is 0.183 e. The molecule has 1 aliphatic rings. The minimum Gasteiger partial charge on any atom is -0.252 e. The highest BCUT2D eigenvalue weighted by Gasteiger charge is 2.19. The second kappa shape index (κ2) is 8.30. The van der Waals surface area contributed by atoms with Crippen molar-refractivity contribution in [3.63, 3.8) is 0 Å². The fraction of sp³-hybridized carbons (Fsp3) is 0.588. The van der Waals surface area contributed by atoms with Crippen LogP contribution in [-0.4, -0.2) is 40.1 Å².